The number of aromatic nitrogens is 2. The van der Waals surface area contributed by atoms with Crippen molar-refractivity contribution in [2.45, 2.75) is 19.6 Å². The summed E-state index contributed by atoms with van der Waals surface area (Å²) in [6, 6.07) is 14.3. The lowest BCUT2D eigenvalue weighted by Gasteiger charge is -2.12. The molecule has 0 spiro atoms. The van der Waals surface area contributed by atoms with Crippen LogP contribution >= 0.6 is 0 Å². The predicted molar refractivity (Wildman–Crippen MR) is 104 cm³/mol. The van der Waals surface area contributed by atoms with Gasteiger partial charge in [-0.3, -0.25) is 0 Å². The minimum absolute atomic E-state index is 0.0899. The first-order valence-corrected chi connectivity index (χ1v) is 9.00. The van der Waals surface area contributed by atoms with Crippen LogP contribution in [-0.2, 0) is 22.3 Å². The van der Waals surface area contributed by atoms with E-state index in [9.17, 15) is 18.0 Å². The second-order valence-electron chi connectivity index (χ2n) is 6.27. The van der Waals surface area contributed by atoms with Gasteiger partial charge in [-0.2, -0.15) is 13.2 Å². The largest absolute Gasteiger partial charge is 0.462 e. The van der Waals surface area contributed by atoms with Crippen LogP contribution in [0.1, 0.15) is 29.4 Å². The summed E-state index contributed by atoms with van der Waals surface area (Å²) < 4.78 is 46.0. The molecule has 150 valence electrons. The average molecular weight is 400 g/mol. The molecule has 0 aliphatic rings. The highest BCUT2D eigenvalue weighted by atomic mass is 19.4. The van der Waals surface area contributed by atoms with Gasteiger partial charge in [-0.1, -0.05) is 42.5 Å². The van der Waals surface area contributed by atoms with E-state index in [1.54, 1.807) is 17.7 Å². The van der Waals surface area contributed by atoms with E-state index in [0.29, 0.717) is 12.4 Å². The Morgan fingerprint density at radius 2 is 1.90 bits per heavy atom. The topological polar surface area (TPSA) is 44.1 Å². The molecule has 3 aromatic rings. The van der Waals surface area contributed by atoms with E-state index in [2.05, 4.69) is 4.98 Å². The van der Waals surface area contributed by atoms with Crippen molar-refractivity contribution in [3.05, 3.63) is 89.5 Å². The fourth-order valence-corrected chi connectivity index (χ4v) is 2.86. The number of nitrogens with zero attached hydrogens (tertiary/aromatic N) is 2. The molecule has 0 saturated carbocycles. The van der Waals surface area contributed by atoms with Gasteiger partial charge in [0.25, 0.3) is 0 Å². The van der Waals surface area contributed by atoms with Crippen LogP contribution in [0.15, 0.2) is 67.0 Å². The van der Waals surface area contributed by atoms with Crippen LogP contribution in [0.2, 0.25) is 0 Å². The highest BCUT2D eigenvalue weighted by Gasteiger charge is 2.30. The number of ether oxygens (including phenoxy) is 1. The molecule has 4 nitrogen and oxygen atoms in total. The molecule has 2 aromatic carbocycles. The van der Waals surface area contributed by atoms with Crippen molar-refractivity contribution in [1.82, 2.24) is 9.55 Å². The first-order valence-electron chi connectivity index (χ1n) is 9.00. The van der Waals surface area contributed by atoms with E-state index in [4.69, 9.17) is 4.74 Å². The zero-order chi connectivity index (χ0) is 20.9. The van der Waals surface area contributed by atoms with E-state index in [-0.39, 0.29) is 17.7 Å². The van der Waals surface area contributed by atoms with Crippen molar-refractivity contribution >= 4 is 17.6 Å². The first-order chi connectivity index (χ1) is 13.9. The maximum Gasteiger partial charge on any atom is 0.416 e. The number of halogens is 3. The van der Waals surface area contributed by atoms with E-state index in [1.807, 2.05) is 30.3 Å². The lowest BCUT2D eigenvalue weighted by molar-refractivity contribution is -0.137. The Morgan fingerprint density at radius 1 is 1.14 bits per heavy atom. The SMILES string of the molecule is CCOC(=O)/C(=C/c1cccc(C(F)(F)F)c1)c1nccn1Cc1ccccc1. The number of esters is 1. The van der Waals surface area contributed by atoms with Gasteiger partial charge in [-0.05, 0) is 36.3 Å². The molecule has 0 amide bonds. The Hall–Kier alpha value is -3.35. The summed E-state index contributed by atoms with van der Waals surface area (Å²) >= 11 is 0. The van der Waals surface area contributed by atoms with Crippen LogP contribution in [0.4, 0.5) is 13.2 Å². The van der Waals surface area contributed by atoms with Crippen LogP contribution in [0.3, 0.4) is 0 Å². The molecule has 1 aromatic heterocycles. The Kier molecular flexibility index (Phi) is 6.16. The second kappa shape index (κ2) is 8.77. The van der Waals surface area contributed by atoms with Crippen LogP contribution in [-0.4, -0.2) is 22.1 Å². The normalized spacial score (nSPS) is 12.1. The molecule has 0 N–H and O–H groups in total. The lowest BCUT2D eigenvalue weighted by atomic mass is 10.1. The molecule has 7 heteroatoms. The molecule has 0 saturated heterocycles. The quantitative estimate of drug-likeness (QED) is 0.429. The predicted octanol–water partition coefficient (Wildman–Crippen LogP) is 5.05. The van der Waals surface area contributed by atoms with Crippen molar-refractivity contribution in [1.29, 1.82) is 0 Å². The van der Waals surface area contributed by atoms with Crippen molar-refractivity contribution in [2.75, 3.05) is 6.61 Å². The van der Waals surface area contributed by atoms with Crippen LogP contribution < -0.4 is 0 Å². The maximum absolute atomic E-state index is 13.0. The zero-order valence-corrected chi connectivity index (χ0v) is 15.7. The van der Waals surface area contributed by atoms with E-state index in [0.717, 1.165) is 17.7 Å². The van der Waals surface area contributed by atoms with Gasteiger partial charge in [0.15, 0.2) is 0 Å². The number of hydrogen-bond donors (Lipinski definition) is 0. The molecule has 29 heavy (non-hydrogen) atoms. The molecule has 0 radical (unpaired) electrons. The summed E-state index contributed by atoms with van der Waals surface area (Å²) in [7, 11) is 0. The molecule has 0 unspecified atom stereocenters. The smallest absolute Gasteiger partial charge is 0.416 e. The number of alkyl halides is 3. The highest BCUT2D eigenvalue weighted by molar-refractivity contribution is 6.20. The van der Waals surface area contributed by atoms with E-state index < -0.39 is 17.7 Å². The third-order valence-corrected chi connectivity index (χ3v) is 4.17. The van der Waals surface area contributed by atoms with Gasteiger partial charge in [0.2, 0.25) is 0 Å². The van der Waals surface area contributed by atoms with E-state index in [1.165, 1.54) is 24.4 Å². The molecule has 0 bridgehead atoms. The van der Waals surface area contributed by atoms with Gasteiger partial charge in [-0.15, -0.1) is 0 Å². The summed E-state index contributed by atoms with van der Waals surface area (Å²) in [6.45, 7) is 2.25. The monoisotopic (exact) mass is 400 g/mol. The maximum atomic E-state index is 13.0. The summed E-state index contributed by atoms with van der Waals surface area (Å²) in [6.07, 6.45) is 0.149. The number of imidazole rings is 1. The molecule has 0 aliphatic carbocycles. The van der Waals surface area contributed by atoms with Crippen molar-refractivity contribution < 1.29 is 22.7 Å². The minimum Gasteiger partial charge on any atom is -0.462 e. The van der Waals surface area contributed by atoms with E-state index >= 15 is 0 Å². The molecule has 0 fully saturated rings. The van der Waals surface area contributed by atoms with Gasteiger partial charge in [0.05, 0.1) is 12.2 Å². The number of carbonyl (C=O) groups is 1. The van der Waals surface area contributed by atoms with Crippen LogP contribution in [0.25, 0.3) is 11.6 Å². The molecular weight excluding hydrogens is 381 g/mol. The standard InChI is InChI=1S/C22H19F3N2O2/c1-2-29-21(28)19(14-17-9-6-10-18(13-17)22(23,24)25)20-26-11-12-27(20)15-16-7-4-3-5-8-16/h3-14H,2,15H2,1H3/b19-14+. The minimum atomic E-state index is -4.47. The molecule has 0 atom stereocenters. The summed E-state index contributed by atoms with van der Waals surface area (Å²) in [5.41, 5.74) is 0.528. The molecule has 0 aliphatic heterocycles. The Morgan fingerprint density at radius 3 is 2.59 bits per heavy atom. The molecule has 1 heterocycles. The Labute approximate surface area is 166 Å². The summed E-state index contributed by atoms with van der Waals surface area (Å²) in [4.78, 5) is 16.8. The van der Waals surface area contributed by atoms with Gasteiger partial charge in [0, 0.05) is 18.9 Å². The zero-order valence-electron chi connectivity index (χ0n) is 15.7. The third kappa shape index (κ3) is 5.13. The number of rotatable bonds is 6. The van der Waals surface area contributed by atoms with Gasteiger partial charge in [-0.25, -0.2) is 9.78 Å². The Balaban J connectivity index is 2.03. The summed E-state index contributed by atoms with van der Waals surface area (Å²) in [5.74, 6) is -0.324. The number of benzene rings is 2. The first kappa shape index (κ1) is 20.4. The van der Waals surface area contributed by atoms with Gasteiger partial charge >= 0.3 is 12.1 Å². The van der Waals surface area contributed by atoms with Gasteiger partial charge < -0.3 is 9.30 Å². The fraction of sp³-hybridized carbons (Fsp3) is 0.182. The van der Waals surface area contributed by atoms with Gasteiger partial charge in [0.1, 0.15) is 11.4 Å². The van der Waals surface area contributed by atoms with Crippen molar-refractivity contribution in [3.8, 4) is 0 Å². The van der Waals surface area contributed by atoms with Crippen LogP contribution in [0, 0.1) is 0 Å². The number of carbonyl (C=O) groups excluding carboxylic acids is 1. The third-order valence-electron chi connectivity index (χ3n) is 4.17. The molecular formula is C22H19F3N2O2. The Bertz CT molecular complexity index is 1010. The van der Waals surface area contributed by atoms with Crippen LogP contribution in [0.5, 0.6) is 0 Å². The van der Waals surface area contributed by atoms with Crippen molar-refractivity contribution in [2.24, 2.45) is 0 Å². The molecule has 3 rings (SSSR count). The highest BCUT2D eigenvalue weighted by Crippen LogP contribution is 2.30. The van der Waals surface area contributed by atoms with Crippen molar-refractivity contribution in [3.63, 3.8) is 0 Å². The second-order valence-corrected chi connectivity index (χ2v) is 6.27. The fourth-order valence-electron chi connectivity index (χ4n) is 2.86. The average Bonchev–Trinajstić information content (AvgIpc) is 3.14. The summed E-state index contributed by atoms with van der Waals surface area (Å²) in [5, 5.41) is 0. The number of hydrogen-bond acceptors (Lipinski definition) is 3. The lowest BCUT2D eigenvalue weighted by Crippen LogP contribution is -2.12.